The zero-order valence-electron chi connectivity index (χ0n) is 7.99. The lowest BCUT2D eigenvalue weighted by Gasteiger charge is -2.40. The molecule has 0 heterocycles. The Hall–Kier alpha value is -0.910. The van der Waals surface area contributed by atoms with Crippen molar-refractivity contribution in [2.45, 2.75) is 30.9 Å². The maximum absolute atomic E-state index is 12.4. The van der Waals surface area contributed by atoms with Gasteiger partial charge < -0.3 is 0 Å². The van der Waals surface area contributed by atoms with E-state index in [2.05, 4.69) is 0 Å². The van der Waals surface area contributed by atoms with Gasteiger partial charge in [0.15, 0.2) is 0 Å². The van der Waals surface area contributed by atoms with Gasteiger partial charge in [0.1, 0.15) is 0 Å². The van der Waals surface area contributed by atoms with Gasteiger partial charge in [-0.25, -0.2) is 4.39 Å². The van der Waals surface area contributed by atoms with Crippen molar-refractivity contribution >= 4 is 0 Å². The molecule has 0 aromatic carbocycles. The van der Waals surface area contributed by atoms with Crippen LogP contribution in [0, 0.1) is 5.41 Å². The van der Waals surface area contributed by atoms with E-state index in [1.165, 1.54) is 0 Å². The Morgan fingerprint density at radius 3 is 0.737 bits per heavy atom. The van der Waals surface area contributed by atoms with Crippen molar-refractivity contribution in [3.63, 3.8) is 0 Å². The van der Waals surface area contributed by atoms with Crippen molar-refractivity contribution in [3.8, 4) is 0 Å². The summed E-state index contributed by atoms with van der Waals surface area (Å²) in [7, 11) is 0. The zero-order chi connectivity index (χ0) is 16.1. The van der Waals surface area contributed by atoms with E-state index in [-0.39, 0.29) is 0 Å². The molecule has 0 aliphatic carbocycles. The molecule has 1 unspecified atom stereocenters. The van der Waals surface area contributed by atoms with Crippen LogP contribution >= 0.6 is 0 Å². The molecule has 0 amide bonds. The molecule has 0 N–H and O–H groups in total. The summed E-state index contributed by atoms with van der Waals surface area (Å²) in [6.45, 7) is 0. The fraction of sp³-hybridized carbons (Fsp3) is 1.00. The molecule has 116 valence electrons. The molecular formula is C6HF13. The molecule has 1 atom stereocenters. The lowest BCUT2D eigenvalue weighted by Crippen LogP contribution is -2.67. The van der Waals surface area contributed by atoms with Crippen molar-refractivity contribution in [1.82, 2.24) is 0 Å². The summed E-state index contributed by atoms with van der Waals surface area (Å²) in [5, 5.41) is 0. The fourth-order valence-corrected chi connectivity index (χ4v) is 1.16. The largest absolute Gasteiger partial charge is 0.421 e. The SMILES string of the molecule is FC(C(F)(F)F)C(C(F)(F)F)(C(F)(F)F)C(F)(F)F. The summed E-state index contributed by atoms with van der Waals surface area (Å²) in [5.41, 5.74) is -7.54. The molecule has 0 aliphatic heterocycles. The van der Waals surface area contributed by atoms with Crippen LogP contribution in [0.2, 0.25) is 0 Å². The van der Waals surface area contributed by atoms with E-state index < -0.39 is 36.3 Å². The van der Waals surface area contributed by atoms with E-state index in [1.807, 2.05) is 0 Å². The second-order valence-corrected chi connectivity index (χ2v) is 3.21. The molecule has 0 rings (SSSR count). The Morgan fingerprint density at radius 2 is 0.684 bits per heavy atom. The van der Waals surface area contributed by atoms with Crippen molar-refractivity contribution in [2.24, 2.45) is 5.41 Å². The number of rotatable bonds is 1. The Balaban J connectivity index is 6.45. The van der Waals surface area contributed by atoms with Gasteiger partial charge in [-0.3, -0.25) is 0 Å². The van der Waals surface area contributed by atoms with Crippen LogP contribution in [-0.2, 0) is 0 Å². The second kappa shape index (κ2) is 4.30. The third-order valence-electron chi connectivity index (χ3n) is 2.01. The smallest absolute Gasteiger partial charge is 0.236 e. The summed E-state index contributed by atoms with van der Waals surface area (Å²) in [6, 6.07) is 0. The van der Waals surface area contributed by atoms with Crippen LogP contribution in [0.1, 0.15) is 0 Å². The van der Waals surface area contributed by atoms with Crippen LogP contribution in [0.25, 0.3) is 0 Å². The predicted molar refractivity (Wildman–Crippen MR) is 31.5 cm³/mol. The molecule has 0 aromatic heterocycles. The van der Waals surface area contributed by atoms with Gasteiger partial charge >= 0.3 is 24.7 Å². The third kappa shape index (κ3) is 2.68. The van der Waals surface area contributed by atoms with Crippen LogP contribution < -0.4 is 0 Å². The highest BCUT2D eigenvalue weighted by Crippen LogP contribution is 2.64. The van der Waals surface area contributed by atoms with Gasteiger partial charge in [-0.15, -0.1) is 0 Å². The van der Waals surface area contributed by atoms with E-state index in [1.54, 1.807) is 0 Å². The zero-order valence-corrected chi connectivity index (χ0v) is 7.99. The monoisotopic (exact) mass is 320 g/mol. The minimum atomic E-state index is -7.58. The van der Waals surface area contributed by atoms with Gasteiger partial charge in [0.05, 0.1) is 0 Å². The van der Waals surface area contributed by atoms with Crippen LogP contribution in [0.15, 0.2) is 0 Å². The molecular weight excluding hydrogens is 319 g/mol. The number of hydrogen-bond acceptors (Lipinski definition) is 0. The Kier molecular flexibility index (Phi) is 4.09. The highest BCUT2D eigenvalue weighted by molar-refractivity contribution is 5.06. The summed E-state index contributed by atoms with van der Waals surface area (Å²) >= 11 is 0. The van der Waals surface area contributed by atoms with Crippen LogP contribution in [0.4, 0.5) is 57.1 Å². The summed E-state index contributed by atoms with van der Waals surface area (Å²) < 4.78 is 155. The second-order valence-electron chi connectivity index (χ2n) is 3.21. The van der Waals surface area contributed by atoms with Gasteiger partial charge in [0.2, 0.25) is 6.17 Å². The summed E-state index contributed by atoms with van der Waals surface area (Å²) in [6.07, 6.45) is -36.0. The molecule has 0 spiro atoms. The van der Waals surface area contributed by atoms with E-state index in [0.717, 1.165) is 0 Å². The topological polar surface area (TPSA) is 0 Å². The Morgan fingerprint density at radius 1 is 0.474 bits per heavy atom. The Labute approximate surface area is 94.7 Å². The molecule has 0 nitrogen and oxygen atoms in total. The standard InChI is InChI=1S/C6HF13/c7-1(3(8,9)10)2(4(11,12)13,5(14,15)16)6(17,18)19/h1H. The van der Waals surface area contributed by atoms with Crippen LogP contribution in [0.5, 0.6) is 0 Å². The summed E-state index contributed by atoms with van der Waals surface area (Å²) in [5.74, 6) is 0. The molecule has 0 bridgehead atoms. The highest BCUT2D eigenvalue weighted by Gasteiger charge is 2.90. The minimum Gasteiger partial charge on any atom is -0.236 e. The average molecular weight is 320 g/mol. The van der Waals surface area contributed by atoms with Gasteiger partial charge in [-0.05, 0) is 0 Å². The molecule has 0 radical (unpaired) electrons. The quantitative estimate of drug-likeness (QED) is 0.621. The van der Waals surface area contributed by atoms with Crippen molar-refractivity contribution in [1.29, 1.82) is 0 Å². The van der Waals surface area contributed by atoms with Crippen LogP contribution in [0.3, 0.4) is 0 Å². The van der Waals surface area contributed by atoms with E-state index in [9.17, 15) is 57.1 Å². The molecule has 0 fully saturated rings. The fourth-order valence-electron chi connectivity index (χ4n) is 1.16. The van der Waals surface area contributed by atoms with Crippen LogP contribution in [-0.4, -0.2) is 30.9 Å². The molecule has 0 saturated carbocycles. The van der Waals surface area contributed by atoms with Crippen molar-refractivity contribution < 1.29 is 57.1 Å². The van der Waals surface area contributed by atoms with E-state index in [0.29, 0.717) is 0 Å². The van der Waals surface area contributed by atoms with E-state index >= 15 is 0 Å². The molecule has 19 heavy (non-hydrogen) atoms. The van der Waals surface area contributed by atoms with Crippen molar-refractivity contribution in [2.75, 3.05) is 0 Å². The number of hydrogen-bond donors (Lipinski definition) is 0. The van der Waals surface area contributed by atoms with Crippen molar-refractivity contribution in [3.05, 3.63) is 0 Å². The number of alkyl halides is 13. The van der Waals surface area contributed by atoms with Gasteiger partial charge in [0, 0.05) is 0 Å². The lowest BCUT2D eigenvalue weighted by molar-refractivity contribution is -0.461. The normalized spacial score (nSPS) is 17.5. The maximum atomic E-state index is 12.4. The first-order valence-corrected chi connectivity index (χ1v) is 3.81. The third-order valence-corrected chi connectivity index (χ3v) is 2.01. The molecule has 13 heteroatoms. The first-order chi connectivity index (χ1) is 7.90. The van der Waals surface area contributed by atoms with Gasteiger partial charge in [0.25, 0.3) is 5.41 Å². The lowest BCUT2D eigenvalue weighted by atomic mass is 9.79. The highest BCUT2D eigenvalue weighted by atomic mass is 19.4. The number of halogens is 13. The average Bonchev–Trinajstić information content (AvgIpc) is 1.92. The first-order valence-electron chi connectivity index (χ1n) is 3.81. The predicted octanol–water partition coefficient (Wildman–Crippen LogP) is 4.56. The van der Waals surface area contributed by atoms with E-state index in [4.69, 9.17) is 0 Å². The van der Waals surface area contributed by atoms with Gasteiger partial charge in [-0.1, -0.05) is 0 Å². The first kappa shape index (κ1) is 18.1. The Bertz CT molecular complexity index is 274. The minimum absolute atomic E-state index is 6.24. The van der Waals surface area contributed by atoms with Gasteiger partial charge in [-0.2, -0.15) is 52.7 Å². The molecule has 0 aromatic rings. The molecule has 0 aliphatic rings. The summed E-state index contributed by atoms with van der Waals surface area (Å²) in [4.78, 5) is 0. The molecule has 0 saturated heterocycles. The maximum Gasteiger partial charge on any atom is 0.421 e.